The van der Waals surface area contributed by atoms with E-state index in [4.69, 9.17) is 16.6 Å². The fourth-order valence-corrected chi connectivity index (χ4v) is 1.43. The molecule has 9 heteroatoms. The molecule has 0 spiro atoms. The minimum Gasteiger partial charge on any atom is -0.400 e. The maximum Gasteiger partial charge on any atom is 0.433 e. The van der Waals surface area contributed by atoms with E-state index >= 15 is 0 Å². The van der Waals surface area contributed by atoms with E-state index in [0.717, 1.165) is 0 Å². The van der Waals surface area contributed by atoms with Gasteiger partial charge in [0.1, 0.15) is 4.92 Å². The SMILES string of the molecule is O=[N+]([O-])c1ccc(/C=N\NC(=S)Nc2cccnc2)o1. The summed E-state index contributed by atoms with van der Waals surface area (Å²) in [5.74, 6) is -0.101. The summed E-state index contributed by atoms with van der Waals surface area (Å²) in [4.78, 5) is 13.7. The minimum absolute atomic E-state index is 0.244. The molecule has 0 aromatic carbocycles. The Balaban J connectivity index is 1.86. The van der Waals surface area contributed by atoms with Gasteiger partial charge in [0.15, 0.2) is 10.9 Å². The number of nitrogens with zero attached hydrogens (tertiary/aromatic N) is 3. The molecule has 0 aliphatic heterocycles. The van der Waals surface area contributed by atoms with E-state index in [1.165, 1.54) is 18.3 Å². The first-order chi connectivity index (χ1) is 9.65. The summed E-state index contributed by atoms with van der Waals surface area (Å²) in [5, 5.41) is 17.3. The van der Waals surface area contributed by atoms with Gasteiger partial charge < -0.3 is 9.73 Å². The lowest BCUT2D eigenvalue weighted by atomic mass is 10.4. The number of rotatable bonds is 4. The van der Waals surface area contributed by atoms with Gasteiger partial charge in [0.05, 0.1) is 24.2 Å². The first-order valence-electron chi connectivity index (χ1n) is 5.39. The van der Waals surface area contributed by atoms with Crippen molar-refractivity contribution in [2.24, 2.45) is 5.10 Å². The lowest BCUT2D eigenvalue weighted by Gasteiger charge is -2.05. The molecule has 2 heterocycles. The number of thiocarbonyl (C=S) groups is 1. The largest absolute Gasteiger partial charge is 0.433 e. The molecule has 2 aromatic heterocycles. The van der Waals surface area contributed by atoms with Crippen LogP contribution in [0.5, 0.6) is 0 Å². The van der Waals surface area contributed by atoms with E-state index < -0.39 is 4.92 Å². The summed E-state index contributed by atoms with van der Waals surface area (Å²) < 4.78 is 4.88. The van der Waals surface area contributed by atoms with Gasteiger partial charge in [-0.2, -0.15) is 5.10 Å². The van der Waals surface area contributed by atoms with Gasteiger partial charge in [-0.25, -0.2) is 0 Å². The minimum atomic E-state index is -0.626. The Kier molecular flexibility index (Phi) is 4.35. The Morgan fingerprint density at radius 1 is 1.50 bits per heavy atom. The fraction of sp³-hybridized carbons (Fsp3) is 0. The van der Waals surface area contributed by atoms with Gasteiger partial charge >= 0.3 is 5.88 Å². The molecule has 2 aromatic rings. The Bertz CT molecular complexity index is 641. The summed E-state index contributed by atoms with van der Waals surface area (Å²) in [5.41, 5.74) is 3.27. The van der Waals surface area contributed by atoms with Gasteiger partial charge in [0, 0.05) is 6.20 Å². The lowest BCUT2D eigenvalue weighted by Crippen LogP contribution is -2.23. The Morgan fingerprint density at radius 3 is 3.00 bits per heavy atom. The van der Waals surface area contributed by atoms with Crippen LogP contribution in [0.25, 0.3) is 0 Å². The molecule has 102 valence electrons. The van der Waals surface area contributed by atoms with Crippen molar-refractivity contribution in [1.29, 1.82) is 0 Å². The van der Waals surface area contributed by atoms with Crippen LogP contribution in [0.1, 0.15) is 5.76 Å². The van der Waals surface area contributed by atoms with Gasteiger partial charge in [-0.05, 0) is 30.4 Å². The number of hydrogen-bond donors (Lipinski definition) is 2. The quantitative estimate of drug-likeness (QED) is 0.383. The molecule has 0 saturated heterocycles. The van der Waals surface area contributed by atoms with Crippen LogP contribution in [0.3, 0.4) is 0 Å². The van der Waals surface area contributed by atoms with Crippen LogP contribution >= 0.6 is 12.2 Å². The second kappa shape index (κ2) is 6.38. The third-order valence-electron chi connectivity index (χ3n) is 2.07. The zero-order chi connectivity index (χ0) is 14.4. The monoisotopic (exact) mass is 291 g/mol. The van der Waals surface area contributed by atoms with Gasteiger partial charge in [0.2, 0.25) is 0 Å². The molecule has 0 unspecified atom stereocenters. The van der Waals surface area contributed by atoms with Crippen LogP contribution in [0.2, 0.25) is 0 Å². The normalized spacial score (nSPS) is 10.4. The molecule has 0 fully saturated rings. The van der Waals surface area contributed by atoms with Crippen molar-refractivity contribution in [1.82, 2.24) is 10.4 Å². The molecule has 2 rings (SSSR count). The predicted molar refractivity (Wildman–Crippen MR) is 76.5 cm³/mol. The maximum absolute atomic E-state index is 10.4. The number of furan rings is 1. The smallest absolute Gasteiger partial charge is 0.400 e. The van der Waals surface area contributed by atoms with E-state index in [1.54, 1.807) is 24.5 Å². The first kappa shape index (κ1) is 13.6. The van der Waals surface area contributed by atoms with E-state index in [9.17, 15) is 10.1 Å². The van der Waals surface area contributed by atoms with Crippen molar-refractivity contribution >= 4 is 35.1 Å². The molecular weight excluding hydrogens is 282 g/mol. The van der Waals surface area contributed by atoms with Crippen molar-refractivity contribution in [2.75, 3.05) is 5.32 Å². The average Bonchev–Trinajstić information content (AvgIpc) is 2.89. The fourth-order valence-electron chi connectivity index (χ4n) is 1.26. The van der Waals surface area contributed by atoms with E-state index in [1.807, 2.05) is 0 Å². The van der Waals surface area contributed by atoms with Crippen LogP contribution in [-0.4, -0.2) is 21.2 Å². The molecular formula is C11H9N5O3S. The van der Waals surface area contributed by atoms with Crippen LogP contribution in [-0.2, 0) is 0 Å². The second-order valence-electron chi connectivity index (χ2n) is 3.50. The predicted octanol–water partition coefficient (Wildman–Crippen LogP) is 1.90. The van der Waals surface area contributed by atoms with E-state index in [0.29, 0.717) is 5.69 Å². The topological polar surface area (TPSA) is 106 Å². The van der Waals surface area contributed by atoms with Crippen LogP contribution < -0.4 is 10.7 Å². The number of pyridine rings is 1. The highest BCUT2D eigenvalue weighted by Gasteiger charge is 2.10. The molecule has 2 N–H and O–H groups in total. The Labute approximate surface area is 118 Å². The maximum atomic E-state index is 10.4. The van der Waals surface area contributed by atoms with Gasteiger partial charge in [-0.3, -0.25) is 20.5 Å². The summed E-state index contributed by atoms with van der Waals surface area (Å²) in [6.45, 7) is 0. The number of nitrogens with one attached hydrogen (secondary N) is 2. The number of nitro groups is 1. The van der Waals surface area contributed by atoms with Crippen molar-refractivity contribution < 1.29 is 9.34 Å². The van der Waals surface area contributed by atoms with Crippen molar-refractivity contribution in [3.8, 4) is 0 Å². The number of aromatic nitrogens is 1. The molecule has 0 amide bonds. The van der Waals surface area contributed by atoms with Crippen LogP contribution in [0.4, 0.5) is 11.6 Å². The third kappa shape index (κ3) is 3.85. The Hall–Kier alpha value is -2.81. The van der Waals surface area contributed by atoms with Crippen molar-refractivity contribution in [3.05, 3.63) is 52.5 Å². The highest BCUT2D eigenvalue weighted by atomic mass is 32.1. The molecule has 0 saturated carbocycles. The zero-order valence-corrected chi connectivity index (χ0v) is 10.8. The van der Waals surface area contributed by atoms with Crippen molar-refractivity contribution in [2.45, 2.75) is 0 Å². The van der Waals surface area contributed by atoms with Gasteiger partial charge in [-0.1, -0.05) is 0 Å². The van der Waals surface area contributed by atoms with E-state index in [2.05, 4.69) is 20.8 Å². The third-order valence-corrected chi connectivity index (χ3v) is 2.26. The standard InChI is InChI=1S/C11H9N5O3S/c17-16(18)10-4-3-9(19-10)7-13-15-11(20)14-8-2-1-5-12-6-8/h1-7H,(H2,14,15,20)/b13-7-. The van der Waals surface area contributed by atoms with Crippen LogP contribution in [0, 0.1) is 10.1 Å². The zero-order valence-electron chi connectivity index (χ0n) is 10.0. The lowest BCUT2D eigenvalue weighted by molar-refractivity contribution is -0.402. The molecule has 0 aliphatic rings. The molecule has 0 radical (unpaired) electrons. The van der Waals surface area contributed by atoms with Crippen LogP contribution in [0.15, 0.2) is 46.2 Å². The van der Waals surface area contributed by atoms with E-state index in [-0.39, 0.29) is 16.8 Å². The summed E-state index contributed by atoms with van der Waals surface area (Å²) in [6.07, 6.45) is 4.53. The highest BCUT2D eigenvalue weighted by Crippen LogP contribution is 2.13. The number of hydrogen-bond acceptors (Lipinski definition) is 6. The summed E-state index contributed by atoms with van der Waals surface area (Å²) >= 11 is 5.00. The molecule has 0 aliphatic carbocycles. The van der Waals surface area contributed by atoms with Gasteiger partial charge in [-0.15, -0.1) is 0 Å². The molecule has 0 bridgehead atoms. The van der Waals surface area contributed by atoms with Crippen molar-refractivity contribution in [3.63, 3.8) is 0 Å². The number of anilines is 1. The highest BCUT2D eigenvalue weighted by molar-refractivity contribution is 7.80. The molecule has 0 atom stereocenters. The Morgan fingerprint density at radius 2 is 2.35 bits per heavy atom. The molecule has 20 heavy (non-hydrogen) atoms. The molecule has 8 nitrogen and oxygen atoms in total. The van der Waals surface area contributed by atoms with Gasteiger partial charge in [0.25, 0.3) is 0 Å². The summed E-state index contributed by atoms with van der Waals surface area (Å²) in [7, 11) is 0. The summed E-state index contributed by atoms with van der Waals surface area (Å²) in [6, 6.07) is 6.23. The number of hydrazone groups is 1. The average molecular weight is 291 g/mol. The first-order valence-corrected chi connectivity index (χ1v) is 5.80. The second-order valence-corrected chi connectivity index (χ2v) is 3.91.